The maximum Gasteiger partial charge on any atom is 0.321 e. The Morgan fingerprint density at radius 1 is 1.12 bits per heavy atom. The lowest BCUT2D eigenvalue weighted by Crippen LogP contribution is -2.47. The molecule has 0 unspecified atom stereocenters. The molecule has 25 heavy (non-hydrogen) atoms. The van der Waals surface area contributed by atoms with Gasteiger partial charge in [0.25, 0.3) is 0 Å². The summed E-state index contributed by atoms with van der Waals surface area (Å²) in [6.45, 7) is 3.64. The molecular formula is C16H22Cl2N4O3. The Morgan fingerprint density at radius 3 is 2.36 bits per heavy atom. The quantitative estimate of drug-likeness (QED) is 0.668. The highest BCUT2D eigenvalue weighted by Gasteiger charge is 2.14. The molecule has 0 aromatic heterocycles. The number of amides is 4. The van der Waals surface area contributed by atoms with Crippen LogP contribution in [0.1, 0.15) is 20.3 Å². The number of nitrogens with one attached hydrogen (secondary N) is 3. The highest BCUT2D eigenvalue weighted by atomic mass is 35.5. The summed E-state index contributed by atoms with van der Waals surface area (Å²) in [6.07, 6.45) is 0.760. The van der Waals surface area contributed by atoms with Gasteiger partial charge in [-0.25, -0.2) is 4.79 Å². The Morgan fingerprint density at radius 2 is 1.76 bits per heavy atom. The Balaban J connectivity index is 2.40. The van der Waals surface area contributed by atoms with Gasteiger partial charge in [-0.15, -0.1) is 0 Å². The number of carbonyl (C=O) groups is 3. The van der Waals surface area contributed by atoms with E-state index in [2.05, 4.69) is 16.0 Å². The molecule has 0 aliphatic heterocycles. The van der Waals surface area contributed by atoms with Crippen molar-refractivity contribution in [2.75, 3.05) is 25.5 Å². The third-order valence-corrected chi connectivity index (χ3v) is 4.01. The highest BCUT2D eigenvalue weighted by Crippen LogP contribution is 2.24. The van der Waals surface area contributed by atoms with Crippen molar-refractivity contribution in [2.45, 2.75) is 26.3 Å². The number of hydrogen-bond donors (Lipinski definition) is 3. The third kappa shape index (κ3) is 8.20. The minimum absolute atomic E-state index is 0.0255. The Kier molecular flexibility index (Phi) is 8.68. The van der Waals surface area contributed by atoms with Crippen LogP contribution < -0.4 is 16.0 Å². The van der Waals surface area contributed by atoms with Crippen LogP contribution in [0, 0.1) is 0 Å². The van der Waals surface area contributed by atoms with Crippen molar-refractivity contribution in [3.63, 3.8) is 0 Å². The third-order valence-electron chi connectivity index (χ3n) is 3.27. The number of imide groups is 1. The predicted molar refractivity (Wildman–Crippen MR) is 99.0 cm³/mol. The van der Waals surface area contributed by atoms with E-state index in [0.717, 1.165) is 6.42 Å². The molecule has 0 aliphatic carbocycles. The summed E-state index contributed by atoms with van der Waals surface area (Å²) in [5.74, 6) is -0.816. The molecule has 0 saturated carbocycles. The van der Waals surface area contributed by atoms with E-state index in [0.29, 0.717) is 15.7 Å². The number of urea groups is 1. The molecule has 0 bridgehead atoms. The van der Waals surface area contributed by atoms with Crippen molar-refractivity contribution in [1.82, 2.24) is 15.5 Å². The summed E-state index contributed by atoms with van der Waals surface area (Å²) in [5, 5.41) is 8.22. The van der Waals surface area contributed by atoms with Gasteiger partial charge in [0.05, 0.1) is 23.1 Å². The lowest BCUT2D eigenvalue weighted by atomic mass is 10.3. The number of rotatable bonds is 7. The second-order valence-corrected chi connectivity index (χ2v) is 6.49. The van der Waals surface area contributed by atoms with E-state index in [-0.39, 0.29) is 25.0 Å². The maximum absolute atomic E-state index is 12.0. The van der Waals surface area contributed by atoms with Gasteiger partial charge in [0.2, 0.25) is 11.8 Å². The Labute approximate surface area is 157 Å². The molecule has 3 N–H and O–H groups in total. The van der Waals surface area contributed by atoms with Crippen LogP contribution in [0.2, 0.25) is 10.0 Å². The summed E-state index contributed by atoms with van der Waals surface area (Å²) in [5.41, 5.74) is 0.505. The first-order valence-corrected chi connectivity index (χ1v) is 8.50. The van der Waals surface area contributed by atoms with E-state index in [9.17, 15) is 14.4 Å². The van der Waals surface area contributed by atoms with Gasteiger partial charge in [-0.05, 0) is 38.6 Å². The van der Waals surface area contributed by atoms with Crippen LogP contribution in [0.15, 0.2) is 18.2 Å². The number of anilines is 1. The van der Waals surface area contributed by atoms with E-state index < -0.39 is 11.9 Å². The number of benzene rings is 1. The zero-order valence-corrected chi connectivity index (χ0v) is 15.9. The fourth-order valence-corrected chi connectivity index (χ4v) is 2.15. The van der Waals surface area contributed by atoms with Gasteiger partial charge in [-0.1, -0.05) is 30.1 Å². The van der Waals surface area contributed by atoms with Gasteiger partial charge in [-0.3, -0.25) is 19.8 Å². The molecule has 0 fully saturated rings. The number of likely N-dealkylation sites (N-methyl/N-ethyl adjacent to an activating group) is 1. The molecule has 7 nitrogen and oxygen atoms in total. The molecule has 1 rings (SSSR count). The van der Waals surface area contributed by atoms with E-state index in [4.69, 9.17) is 23.2 Å². The minimum Gasteiger partial charge on any atom is -0.335 e. The summed E-state index contributed by atoms with van der Waals surface area (Å²) < 4.78 is 0. The molecule has 138 valence electrons. The number of hydrogen-bond acceptors (Lipinski definition) is 4. The van der Waals surface area contributed by atoms with Crippen LogP contribution in [0.4, 0.5) is 10.5 Å². The zero-order chi connectivity index (χ0) is 19.0. The molecule has 1 aromatic carbocycles. The van der Waals surface area contributed by atoms with Crippen LogP contribution in [0.25, 0.3) is 0 Å². The second-order valence-electron chi connectivity index (χ2n) is 5.68. The first-order chi connectivity index (χ1) is 11.7. The molecule has 0 spiro atoms. The monoisotopic (exact) mass is 388 g/mol. The lowest BCUT2D eigenvalue weighted by molar-refractivity contribution is -0.122. The molecule has 0 radical (unpaired) electrons. The summed E-state index contributed by atoms with van der Waals surface area (Å²) >= 11 is 11.7. The van der Waals surface area contributed by atoms with Crippen molar-refractivity contribution < 1.29 is 14.4 Å². The van der Waals surface area contributed by atoms with Crippen molar-refractivity contribution in [3.8, 4) is 0 Å². The first kappa shape index (κ1) is 21.2. The van der Waals surface area contributed by atoms with Gasteiger partial charge in [-0.2, -0.15) is 0 Å². The van der Waals surface area contributed by atoms with Gasteiger partial charge in [0.1, 0.15) is 0 Å². The van der Waals surface area contributed by atoms with Crippen LogP contribution in [0.5, 0.6) is 0 Å². The molecule has 0 saturated heterocycles. The summed E-state index contributed by atoms with van der Waals surface area (Å²) in [4.78, 5) is 36.8. The van der Waals surface area contributed by atoms with Gasteiger partial charge < -0.3 is 10.6 Å². The standard InChI is InChI=1S/C16H22Cl2N4O3/c1-4-10(2)19-16(25)21-15(24)9-22(3)8-14(23)20-11-5-6-12(17)13(18)7-11/h5-7,10H,4,8-9H2,1-3H3,(H,20,23)(H2,19,21,24,25)/t10-/m1/s1. The SMILES string of the molecule is CC[C@@H](C)NC(=O)NC(=O)CN(C)CC(=O)Nc1ccc(Cl)c(Cl)c1. The van der Waals surface area contributed by atoms with Gasteiger partial charge in [0.15, 0.2) is 0 Å². The van der Waals surface area contributed by atoms with Crippen LogP contribution in [-0.2, 0) is 9.59 Å². The molecule has 0 aliphatic rings. The zero-order valence-electron chi connectivity index (χ0n) is 14.4. The molecule has 0 heterocycles. The molecule has 4 amide bonds. The van der Waals surface area contributed by atoms with Crippen LogP contribution >= 0.6 is 23.2 Å². The second kappa shape index (κ2) is 10.2. The minimum atomic E-state index is -0.548. The van der Waals surface area contributed by atoms with Gasteiger partial charge in [0, 0.05) is 11.7 Å². The highest BCUT2D eigenvalue weighted by molar-refractivity contribution is 6.42. The van der Waals surface area contributed by atoms with E-state index >= 15 is 0 Å². The Hall–Kier alpha value is -1.83. The van der Waals surface area contributed by atoms with Gasteiger partial charge >= 0.3 is 6.03 Å². The van der Waals surface area contributed by atoms with Crippen molar-refractivity contribution in [2.24, 2.45) is 0 Å². The van der Waals surface area contributed by atoms with Crippen molar-refractivity contribution in [1.29, 1.82) is 0 Å². The van der Waals surface area contributed by atoms with Crippen LogP contribution in [0.3, 0.4) is 0 Å². The topological polar surface area (TPSA) is 90.5 Å². The van der Waals surface area contributed by atoms with E-state index in [1.807, 2.05) is 13.8 Å². The van der Waals surface area contributed by atoms with Crippen molar-refractivity contribution >= 4 is 46.7 Å². The summed E-state index contributed by atoms with van der Waals surface area (Å²) in [7, 11) is 1.60. The first-order valence-electron chi connectivity index (χ1n) is 7.75. The molecule has 1 atom stereocenters. The number of carbonyl (C=O) groups excluding carboxylic acids is 3. The fraction of sp³-hybridized carbons (Fsp3) is 0.438. The van der Waals surface area contributed by atoms with Crippen LogP contribution in [-0.4, -0.2) is 48.9 Å². The van der Waals surface area contributed by atoms with E-state index in [1.54, 1.807) is 19.2 Å². The fourth-order valence-electron chi connectivity index (χ4n) is 1.85. The van der Waals surface area contributed by atoms with Crippen molar-refractivity contribution in [3.05, 3.63) is 28.2 Å². The predicted octanol–water partition coefficient (Wildman–Crippen LogP) is 2.49. The molecule has 1 aromatic rings. The number of halogens is 2. The largest absolute Gasteiger partial charge is 0.335 e. The lowest BCUT2D eigenvalue weighted by Gasteiger charge is -2.17. The normalized spacial score (nSPS) is 11.8. The maximum atomic E-state index is 12.0. The Bertz CT molecular complexity index is 640. The average molecular weight is 389 g/mol. The smallest absolute Gasteiger partial charge is 0.321 e. The average Bonchev–Trinajstić information content (AvgIpc) is 2.49. The molecule has 9 heteroatoms. The summed E-state index contributed by atoms with van der Waals surface area (Å²) in [6, 6.07) is 4.16. The molecular weight excluding hydrogens is 367 g/mol. The van der Waals surface area contributed by atoms with E-state index in [1.165, 1.54) is 11.0 Å². The number of nitrogens with zero attached hydrogens (tertiary/aromatic N) is 1.